The van der Waals surface area contributed by atoms with E-state index in [-0.39, 0.29) is 29.7 Å². The Morgan fingerprint density at radius 3 is 1.63 bits per heavy atom. The zero-order chi connectivity index (χ0) is 32.7. The lowest BCUT2D eigenvalue weighted by molar-refractivity contribution is 0.669. The molecule has 0 fully saturated rings. The largest absolute Gasteiger partial charge is 0.456 e. The van der Waals surface area contributed by atoms with E-state index in [1.54, 1.807) is 0 Å². The van der Waals surface area contributed by atoms with Crippen LogP contribution in [0.2, 0.25) is 0 Å². The first kappa shape index (κ1) is 19.5. The van der Waals surface area contributed by atoms with E-state index in [1.807, 2.05) is 54.6 Å². The van der Waals surface area contributed by atoms with E-state index in [0.29, 0.717) is 5.56 Å². The predicted molar refractivity (Wildman–Crippen MR) is 183 cm³/mol. The Morgan fingerprint density at radius 2 is 0.930 bits per heavy atom. The van der Waals surface area contributed by atoms with E-state index < -0.39 is 6.04 Å². The first-order valence-electron chi connectivity index (χ1n) is 16.9. The standard InChI is InChI=1S/C42H26O/c1-2-11-27(12-3-1)41-34-17-6-8-19-36(34)42(37-20-9-7-18-35(37)41)32-16-10-15-28(23-32)31-21-22-33-38-24-29-13-4-5-14-30(29)25-40(38)43-39(33)26-31/h1-26H/i1D,2D,3D,11D,12D. The molecular weight excluding hydrogens is 520 g/mol. The summed E-state index contributed by atoms with van der Waals surface area (Å²) in [5.74, 6) is 0. The molecule has 9 aromatic rings. The van der Waals surface area contributed by atoms with Gasteiger partial charge in [-0.3, -0.25) is 0 Å². The van der Waals surface area contributed by atoms with Gasteiger partial charge in [-0.05, 0) is 96.0 Å². The Bertz CT molecular complexity index is 2710. The zero-order valence-corrected chi connectivity index (χ0v) is 23.0. The van der Waals surface area contributed by atoms with Gasteiger partial charge in [0.2, 0.25) is 0 Å². The van der Waals surface area contributed by atoms with Crippen molar-refractivity contribution in [2.24, 2.45) is 0 Å². The quantitative estimate of drug-likeness (QED) is 0.199. The van der Waals surface area contributed by atoms with E-state index in [0.717, 1.165) is 71.1 Å². The molecule has 0 radical (unpaired) electrons. The molecule has 0 aliphatic heterocycles. The van der Waals surface area contributed by atoms with Crippen LogP contribution in [-0.2, 0) is 0 Å². The van der Waals surface area contributed by atoms with E-state index in [1.165, 1.54) is 5.39 Å². The SMILES string of the molecule is [2H]c1c([2H])c([2H])c(-c2c3ccccc3c(-c3cccc(-c4ccc5c(c4)oc4cc6ccccc6cc45)c3)c3ccccc23)c([2H])c1[2H]. The third kappa shape index (κ3) is 3.79. The fourth-order valence-corrected chi connectivity index (χ4v) is 6.58. The maximum atomic E-state index is 8.81. The molecule has 0 N–H and O–H groups in total. The van der Waals surface area contributed by atoms with Crippen LogP contribution in [0.5, 0.6) is 0 Å². The highest BCUT2D eigenvalue weighted by atomic mass is 16.3. The van der Waals surface area contributed by atoms with Crippen molar-refractivity contribution in [1.82, 2.24) is 0 Å². The molecule has 1 heteroatoms. The molecule has 43 heavy (non-hydrogen) atoms. The van der Waals surface area contributed by atoms with E-state index in [9.17, 15) is 0 Å². The van der Waals surface area contributed by atoms with Gasteiger partial charge in [0, 0.05) is 10.8 Å². The second kappa shape index (κ2) is 9.44. The van der Waals surface area contributed by atoms with Gasteiger partial charge in [-0.1, -0.05) is 127 Å². The van der Waals surface area contributed by atoms with Crippen LogP contribution in [-0.4, -0.2) is 0 Å². The Hall–Kier alpha value is -5.66. The minimum absolute atomic E-state index is 0.208. The van der Waals surface area contributed by atoms with Crippen LogP contribution in [0.4, 0.5) is 0 Å². The monoisotopic (exact) mass is 551 g/mol. The molecule has 1 heterocycles. The third-order valence-electron chi connectivity index (χ3n) is 8.51. The fourth-order valence-electron chi connectivity index (χ4n) is 6.58. The lowest BCUT2D eigenvalue weighted by Crippen LogP contribution is -1.91. The highest BCUT2D eigenvalue weighted by molar-refractivity contribution is 6.21. The summed E-state index contributed by atoms with van der Waals surface area (Å²) < 4.78 is 48.9. The van der Waals surface area contributed by atoms with Gasteiger partial charge in [0.05, 0.1) is 6.85 Å². The van der Waals surface area contributed by atoms with Crippen molar-refractivity contribution in [3.8, 4) is 33.4 Å². The smallest absolute Gasteiger partial charge is 0.136 e. The van der Waals surface area contributed by atoms with Gasteiger partial charge in [-0.2, -0.15) is 0 Å². The molecule has 0 spiro atoms. The molecule has 0 saturated carbocycles. The van der Waals surface area contributed by atoms with E-state index >= 15 is 0 Å². The molecular formula is C42H26O. The average Bonchev–Trinajstić information content (AvgIpc) is 3.48. The number of hydrogen-bond acceptors (Lipinski definition) is 1. The van der Waals surface area contributed by atoms with E-state index in [2.05, 4.69) is 72.8 Å². The summed E-state index contributed by atoms with van der Waals surface area (Å²) in [5.41, 5.74) is 6.68. The first-order chi connectivity index (χ1) is 23.4. The maximum Gasteiger partial charge on any atom is 0.136 e. The lowest BCUT2D eigenvalue weighted by atomic mass is 9.85. The van der Waals surface area contributed by atoms with Crippen LogP contribution in [0.15, 0.2) is 162 Å². The summed E-state index contributed by atoms with van der Waals surface area (Å²) in [7, 11) is 0. The highest BCUT2D eigenvalue weighted by Crippen LogP contribution is 2.44. The topological polar surface area (TPSA) is 13.1 Å². The van der Waals surface area contributed by atoms with Gasteiger partial charge in [-0.25, -0.2) is 0 Å². The van der Waals surface area contributed by atoms with Crippen LogP contribution in [0, 0.1) is 0 Å². The molecule has 0 saturated heterocycles. The first-order valence-corrected chi connectivity index (χ1v) is 14.4. The molecule has 0 atom stereocenters. The van der Waals surface area contributed by atoms with Crippen LogP contribution in [0.1, 0.15) is 6.85 Å². The maximum absolute atomic E-state index is 8.81. The second-order valence-corrected chi connectivity index (χ2v) is 10.9. The fraction of sp³-hybridized carbons (Fsp3) is 0. The Balaban J connectivity index is 1.26. The normalized spacial score (nSPS) is 13.3. The van der Waals surface area contributed by atoms with Crippen molar-refractivity contribution in [2.45, 2.75) is 0 Å². The summed E-state index contributed by atoms with van der Waals surface area (Å²) >= 11 is 0. The molecule has 200 valence electrons. The van der Waals surface area contributed by atoms with Crippen LogP contribution < -0.4 is 0 Å². The Labute approximate surface area is 256 Å². The van der Waals surface area contributed by atoms with Crippen LogP contribution >= 0.6 is 0 Å². The summed E-state index contributed by atoms with van der Waals surface area (Å²) in [6, 6.07) is 41.8. The number of rotatable bonds is 3. The minimum atomic E-state index is -0.398. The molecule has 0 unspecified atom stereocenters. The molecule has 1 nitrogen and oxygen atoms in total. The molecule has 0 amide bonds. The van der Waals surface area contributed by atoms with Gasteiger partial charge < -0.3 is 4.42 Å². The predicted octanol–water partition coefficient (Wildman–Crippen LogP) is 12.0. The van der Waals surface area contributed by atoms with Gasteiger partial charge in [0.1, 0.15) is 11.2 Å². The second-order valence-electron chi connectivity index (χ2n) is 10.9. The number of fused-ring (bicyclic) bond motifs is 6. The molecule has 0 bridgehead atoms. The molecule has 0 aliphatic carbocycles. The van der Waals surface area contributed by atoms with Gasteiger partial charge in [-0.15, -0.1) is 0 Å². The highest BCUT2D eigenvalue weighted by Gasteiger charge is 2.17. The number of furan rings is 1. The Morgan fingerprint density at radius 1 is 0.372 bits per heavy atom. The van der Waals surface area contributed by atoms with Gasteiger partial charge in [0.15, 0.2) is 0 Å². The summed E-state index contributed by atoms with van der Waals surface area (Å²) in [6.07, 6.45) is 0. The summed E-state index contributed by atoms with van der Waals surface area (Å²) in [6.45, 7) is 0. The van der Waals surface area contributed by atoms with Crippen molar-refractivity contribution < 1.29 is 11.3 Å². The van der Waals surface area contributed by atoms with Crippen molar-refractivity contribution in [3.63, 3.8) is 0 Å². The van der Waals surface area contributed by atoms with Gasteiger partial charge in [0.25, 0.3) is 0 Å². The lowest BCUT2D eigenvalue weighted by Gasteiger charge is -2.18. The molecule has 1 aromatic heterocycles. The molecule has 9 rings (SSSR count). The van der Waals surface area contributed by atoms with E-state index in [4.69, 9.17) is 11.3 Å². The van der Waals surface area contributed by atoms with Crippen LogP contribution in [0.3, 0.4) is 0 Å². The Kier molecular flexibility index (Phi) is 4.27. The number of benzene rings is 8. The zero-order valence-electron chi connectivity index (χ0n) is 28.0. The third-order valence-corrected chi connectivity index (χ3v) is 8.51. The van der Waals surface area contributed by atoms with Gasteiger partial charge >= 0.3 is 0 Å². The summed E-state index contributed by atoms with van der Waals surface area (Å²) in [4.78, 5) is 0. The van der Waals surface area contributed by atoms with Crippen molar-refractivity contribution in [2.75, 3.05) is 0 Å². The summed E-state index contributed by atoms with van der Waals surface area (Å²) in [5, 5.41) is 8.04. The molecule has 8 aromatic carbocycles. The van der Waals surface area contributed by atoms with Crippen molar-refractivity contribution >= 4 is 54.3 Å². The average molecular weight is 552 g/mol. The van der Waals surface area contributed by atoms with Crippen LogP contribution in [0.25, 0.3) is 87.6 Å². The van der Waals surface area contributed by atoms with Crippen molar-refractivity contribution in [3.05, 3.63) is 158 Å². The minimum Gasteiger partial charge on any atom is -0.456 e. The van der Waals surface area contributed by atoms with Crippen molar-refractivity contribution in [1.29, 1.82) is 0 Å². The number of hydrogen-bond donors (Lipinski definition) is 0. The molecule has 0 aliphatic rings.